The van der Waals surface area contributed by atoms with E-state index in [0.29, 0.717) is 49.7 Å². The summed E-state index contributed by atoms with van der Waals surface area (Å²) in [6.07, 6.45) is 4.19. The van der Waals surface area contributed by atoms with Crippen molar-refractivity contribution in [2.75, 3.05) is 56.7 Å². The number of nitrogens with zero attached hydrogens (tertiary/aromatic N) is 4. The fourth-order valence-corrected chi connectivity index (χ4v) is 5.93. The van der Waals surface area contributed by atoms with E-state index in [1.807, 2.05) is 43.5 Å². The number of carbonyl (C=O) groups is 3. The second-order valence-electron chi connectivity index (χ2n) is 13.3. The molecule has 44 heavy (non-hydrogen) atoms. The molecule has 3 aliphatic rings. The van der Waals surface area contributed by atoms with Crippen LogP contribution in [0.25, 0.3) is 11.1 Å². The number of hydrogen-bond acceptors (Lipinski definition) is 6. The molecule has 2 N–H and O–H groups in total. The van der Waals surface area contributed by atoms with Gasteiger partial charge in [-0.05, 0) is 67.7 Å². The van der Waals surface area contributed by atoms with Crippen LogP contribution in [-0.2, 0) is 14.3 Å². The number of likely N-dealkylation sites (N-methyl/N-ethyl adjacent to an activating group) is 1. The van der Waals surface area contributed by atoms with Gasteiger partial charge in [-0.15, -0.1) is 0 Å². The highest BCUT2D eigenvalue weighted by Gasteiger charge is 2.44. The molecule has 0 spiro atoms. The first-order valence-corrected chi connectivity index (χ1v) is 15.2. The number of benzene rings is 1. The van der Waals surface area contributed by atoms with Crippen LogP contribution in [0.4, 0.5) is 16.3 Å². The van der Waals surface area contributed by atoms with Crippen LogP contribution in [0.1, 0.15) is 46.6 Å². The van der Waals surface area contributed by atoms with Crippen LogP contribution in [0.2, 0.25) is 0 Å². The van der Waals surface area contributed by atoms with Crippen molar-refractivity contribution in [2.45, 2.75) is 53.5 Å². The standard InChI is InChI=1S/C34H44N6O4/c1-22-8-10-25(20-26(22)23-9-11-29(35-21-23)39-14-16-44-17-15-39)36-32(43)37-28-19-24(33(2,3)4)18-27(28)30(41)40-13-12-38(7)31(42)34(40,5)6/h8-11,18,20-21H,12-17,19H2,1-7H3,(H2,36,37,43). The molecular formula is C34H44N6O4. The molecule has 10 nitrogen and oxygen atoms in total. The Labute approximate surface area is 260 Å². The third kappa shape index (κ3) is 6.36. The number of carbonyl (C=O) groups excluding carboxylic acids is 3. The van der Waals surface area contributed by atoms with E-state index in [1.54, 1.807) is 30.7 Å². The third-order valence-electron chi connectivity index (χ3n) is 8.81. The molecule has 2 aromatic rings. The summed E-state index contributed by atoms with van der Waals surface area (Å²) in [5.74, 6) is 0.562. The van der Waals surface area contributed by atoms with E-state index in [-0.39, 0.29) is 17.2 Å². The van der Waals surface area contributed by atoms with Gasteiger partial charge in [0.1, 0.15) is 11.4 Å². The van der Waals surface area contributed by atoms with E-state index in [4.69, 9.17) is 4.74 Å². The number of rotatable bonds is 5. The number of aryl methyl sites for hydroxylation is 1. The van der Waals surface area contributed by atoms with Crippen LogP contribution < -0.4 is 15.5 Å². The van der Waals surface area contributed by atoms with Gasteiger partial charge in [0, 0.05) is 62.8 Å². The van der Waals surface area contributed by atoms with E-state index in [0.717, 1.165) is 41.2 Å². The normalized spacial score (nSPS) is 18.8. The lowest BCUT2D eigenvalue weighted by Gasteiger charge is -2.44. The van der Waals surface area contributed by atoms with Crippen molar-refractivity contribution in [3.05, 3.63) is 65.0 Å². The number of anilines is 2. The highest BCUT2D eigenvalue weighted by molar-refractivity contribution is 6.03. The smallest absolute Gasteiger partial charge is 0.323 e. The molecule has 1 aromatic carbocycles. The zero-order valence-corrected chi connectivity index (χ0v) is 26.9. The number of piperazine rings is 1. The molecule has 0 bridgehead atoms. The molecule has 2 fully saturated rings. The summed E-state index contributed by atoms with van der Waals surface area (Å²) in [7, 11) is 1.75. The first kappa shape index (κ1) is 31.3. The van der Waals surface area contributed by atoms with Crippen LogP contribution in [0.15, 0.2) is 59.4 Å². The Hall–Kier alpha value is -4.18. The van der Waals surface area contributed by atoms with Crippen molar-refractivity contribution in [1.29, 1.82) is 0 Å². The molecule has 3 heterocycles. The molecule has 0 radical (unpaired) electrons. The lowest BCUT2D eigenvalue weighted by Crippen LogP contribution is -2.63. The maximum Gasteiger partial charge on any atom is 0.323 e. The zero-order valence-electron chi connectivity index (χ0n) is 26.9. The minimum atomic E-state index is -0.990. The molecule has 0 atom stereocenters. The van der Waals surface area contributed by atoms with Gasteiger partial charge in [0.05, 0.1) is 18.8 Å². The van der Waals surface area contributed by atoms with E-state index in [9.17, 15) is 14.4 Å². The SMILES string of the molecule is Cc1ccc(NC(=O)NC2=C(C(=O)N3CCN(C)C(=O)C3(C)C)C=C(C(C)(C)C)C2)cc1-c1ccc(N2CCOCC2)nc1. The summed E-state index contributed by atoms with van der Waals surface area (Å²) < 4.78 is 5.45. The monoisotopic (exact) mass is 600 g/mol. The lowest BCUT2D eigenvalue weighted by molar-refractivity contribution is -0.155. The molecule has 1 aliphatic carbocycles. The Morgan fingerprint density at radius 2 is 1.73 bits per heavy atom. The number of hydrogen-bond donors (Lipinski definition) is 2. The van der Waals surface area contributed by atoms with E-state index < -0.39 is 11.6 Å². The highest BCUT2D eigenvalue weighted by Crippen LogP contribution is 2.38. The van der Waals surface area contributed by atoms with Crippen LogP contribution >= 0.6 is 0 Å². The zero-order chi connectivity index (χ0) is 31.8. The van der Waals surface area contributed by atoms with Crippen molar-refractivity contribution >= 4 is 29.4 Å². The molecule has 2 aliphatic heterocycles. The summed E-state index contributed by atoms with van der Waals surface area (Å²) in [5, 5.41) is 5.93. The molecular weight excluding hydrogens is 556 g/mol. The minimum absolute atomic E-state index is 0.107. The average Bonchev–Trinajstić information content (AvgIpc) is 3.41. The number of morpholine rings is 1. The van der Waals surface area contributed by atoms with Gasteiger partial charge in [0.2, 0.25) is 5.91 Å². The molecule has 234 valence electrons. The maximum atomic E-state index is 13.9. The van der Waals surface area contributed by atoms with Crippen LogP contribution in [0.5, 0.6) is 0 Å². The van der Waals surface area contributed by atoms with Crippen molar-refractivity contribution in [1.82, 2.24) is 20.1 Å². The van der Waals surface area contributed by atoms with Gasteiger partial charge in [-0.2, -0.15) is 0 Å². The Balaban J connectivity index is 1.34. The van der Waals surface area contributed by atoms with Crippen molar-refractivity contribution in [3.63, 3.8) is 0 Å². The van der Waals surface area contributed by atoms with Crippen LogP contribution in [0.3, 0.4) is 0 Å². The van der Waals surface area contributed by atoms with Gasteiger partial charge in [0.25, 0.3) is 5.91 Å². The number of nitrogens with one attached hydrogen (secondary N) is 2. The van der Waals surface area contributed by atoms with Gasteiger partial charge < -0.3 is 30.1 Å². The third-order valence-corrected chi connectivity index (χ3v) is 8.81. The number of aromatic nitrogens is 1. The molecule has 0 saturated carbocycles. The summed E-state index contributed by atoms with van der Waals surface area (Å²) in [6, 6.07) is 9.41. The summed E-state index contributed by atoms with van der Waals surface area (Å²) in [4.78, 5) is 50.4. The summed E-state index contributed by atoms with van der Waals surface area (Å²) in [5.41, 5.74) is 4.43. The fourth-order valence-electron chi connectivity index (χ4n) is 5.93. The Morgan fingerprint density at radius 3 is 2.39 bits per heavy atom. The molecule has 1 aromatic heterocycles. The molecule has 4 amide bonds. The predicted molar refractivity (Wildman–Crippen MR) is 172 cm³/mol. The molecule has 10 heteroatoms. The largest absolute Gasteiger partial charge is 0.378 e. The second-order valence-corrected chi connectivity index (χ2v) is 13.3. The van der Waals surface area contributed by atoms with Gasteiger partial charge in [0.15, 0.2) is 0 Å². The van der Waals surface area contributed by atoms with Crippen LogP contribution in [-0.4, -0.2) is 84.6 Å². The number of pyridine rings is 1. The maximum absolute atomic E-state index is 13.9. The van der Waals surface area contributed by atoms with E-state index >= 15 is 0 Å². The Morgan fingerprint density at radius 1 is 1.00 bits per heavy atom. The number of amides is 4. The van der Waals surface area contributed by atoms with E-state index in [2.05, 4.69) is 47.4 Å². The summed E-state index contributed by atoms with van der Waals surface area (Å²) in [6.45, 7) is 15.8. The first-order valence-electron chi connectivity index (χ1n) is 15.2. The van der Waals surface area contributed by atoms with Crippen molar-refractivity contribution < 1.29 is 19.1 Å². The fraction of sp³-hybridized carbons (Fsp3) is 0.471. The second kappa shape index (κ2) is 12.1. The van der Waals surface area contributed by atoms with Gasteiger partial charge in [-0.25, -0.2) is 9.78 Å². The quantitative estimate of drug-likeness (QED) is 0.514. The average molecular weight is 601 g/mol. The Bertz CT molecular complexity index is 1510. The van der Waals surface area contributed by atoms with E-state index in [1.165, 1.54) is 0 Å². The van der Waals surface area contributed by atoms with Gasteiger partial charge in [-0.3, -0.25) is 9.59 Å². The number of allylic oxidation sites excluding steroid dienone is 1. The van der Waals surface area contributed by atoms with Crippen molar-refractivity contribution in [2.24, 2.45) is 5.41 Å². The van der Waals surface area contributed by atoms with Gasteiger partial charge >= 0.3 is 6.03 Å². The molecule has 2 saturated heterocycles. The van der Waals surface area contributed by atoms with Crippen LogP contribution in [0, 0.1) is 12.3 Å². The first-order chi connectivity index (χ1) is 20.8. The van der Waals surface area contributed by atoms with Crippen molar-refractivity contribution in [3.8, 4) is 11.1 Å². The molecule has 5 rings (SSSR count). The summed E-state index contributed by atoms with van der Waals surface area (Å²) >= 11 is 0. The topological polar surface area (TPSA) is 107 Å². The lowest BCUT2D eigenvalue weighted by atomic mass is 9.85. The van der Waals surface area contributed by atoms with Gasteiger partial charge in [-0.1, -0.05) is 32.4 Å². The minimum Gasteiger partial charge on any atom is -0.378 e. The highest BCUT2D eigenvalue weighted by atomic mass is 16.5. The number of ether oxygens (including phenoxy) is 1. The Kier molecular flexibility index (Phi) is 8.57. The molecule has 0 unspecified atom stereocenters. The number of urea groups is 1. The predicted octanol–water partition coefficient (Wildman–Crippen LogP) is 4.72.